The second-order valence-corrected chi connectivity index (χ2v) is 7.63. The number of thiazole rings is 2. The normalized spacial score (nSPS) is 10.7. The van der Waals surface area contributed by atoms with Crippen LogP contribution in [0.3, 0.4) is 0 Å². The average molecular weight is 394 g/mol. The molecule has 0 aliphatic rings. The Hall–Kier alpha value is -3.10. The van der Waals surface area contributed by atoms with Gasteiger partial charge in [0, 0.05) is 23.6 Å². The topological polar surface area (TPSA) is 84.0 Å². The highest BCUT2D eigenvalue weighted by Gasteiger charge is 2.14. The van der Waals surface area contributed by atoms with Crippen LogP contribution in [0.2, 0.25) is 0 Å². The van der Waals surface area contributed by atoms with Crippen LogP contribution < -0.4 is 10.6 Å². The zero-order chi connectivity index (χ0) is 18.8. The molecule has 0 aliphatic heterocycles. The maximum Gasteiger partial charge on any atom is 0.276 e. The van der Waals surface area contributed by atoms with E-state index in [1.807, 2.05) is 42.5 Å². The number of hydrogen-bond acceptors (Lipinski definition) is 6. The lowest BCUT2D eigenvalue weighted by molar-refractivity contribution is -0.114. The molecule has 2 heterocycles. The first-order chi connectivity index (χ1) is 13.1. The van der Waals surface area contributed by atoms with Gasteiger partial charge in [-0.3, -0.25) is 14.9 Å². The molecule has 0 unspecified atom stereocenters. The quantitative estimate of drug-likeness (QED) is 0.528. The van der Waals surface area contributed by atoms with Crippen molar-refractivity contribution < 1.29 is 9.59 Å². The second kappa shape index (κ2) is 7.26. The Morgan fingerprint density at radius 3 is 2.59 bits per heavy atom. The summed E-state index contributed by atoms with van der Waals surface area (Å²) >= 11 is 2.77. The number of rotatable bonds is 4. The molecule has 4 rings (SSSR count). The lowest BCUT2D eigenvalue weighted by Crippen LogP contribution is -2.11. The highest BCUT2D eigenvalue weighted by Crippen LogP contribution is 2.29. The molecule has 0 saturated heterocycles. The molecule has 0 radical (unpaired) electrons. The van der Waals surface area contributed by atoms with E-state index in [1.54, 1.807) is 11.4 Å². The molecule has 2 amide bonds. The van der Waals surface area contributed by atoms with Crippen LogP contribution in [0.25, 0.3) is 20.8 Å². The highest BCUT2D eigenvalue weighted by molar-refractivity contribution is 7.22. The predicted octanol–water partition coefficient (Wildman–Crippen LogP) is 4.63. The molecule has 0 fully saturated rings. The van der Waals surface area contributed by atoms with Crippen molar-refractivity contribution in [2.45, 2.75) is 6.92 Å². The lowest BCUT2D eigenvalue weighted by atomic mass is 10.2. The smallest absolute Gasteiger partial charge is 0.276 e. The fourth-order valence-electron chi connectivity index (χ4n) is 2.51. The van der Waals surface area contributed by atoms with E-state index < -0.39 is 0 Å². The molecule has 0 atom stereocenters. The Morgan fingerprint density at radius 1 is 1.00 bits per heavy atom. The van der Waals surface area contributed by atoms with Crippen LogP contribution in [0.1, 0.15) is 17.4 Å². The van der Waals surface area contributed by atoms with Gasteiger partial charge in [0.05, 0.1) is 10.2 Å². The van der Waals surface area contributed by atoms with Crippen molar-refractivity contribution in [3.05, 3.63) is 59.6 Å². The van der Waals surface area contributed by atoms with Crippen LogP contribution in [0.15, 0.2) is 53.9 Å². The summed E-state index contributed by atoms with van der Waals surface area (Å²) in [5.74, 6) is -0.431. The van der Waals surface area contributed by atoms with Gasteiger partial charge >= 0.3 is 0 Å². The number of hydrogen-bond donors (Lipinski definition) is 2. The van der Waals surface area contributed by atoms with Crippen LogP contribution >= 0.6 is 22.7 Å². The largest absolute Gasteiger partial charge is 0.326 e. The van der Waals surface area contributed by atoms with Gasteiger partial charge in [0.1, 0.15) is 10.7 Å². The molecule has 2 aromatic heterocycles. The highest BCUT2D eigenvalue weighted by atomic mass is 32.1. The summed E-state index contributed by atoms with van der Waals surface area (Å²) in [6, 6.07) is 15.2. The average Bonchev–Trinajstić information content (AvgIpc) is 3.28. The van der Waals surface area contributed by atoms with E-state index in [0.29, 0.717) is 16.5 Å². The number of carbonyl (C=O) groups is 2. The number of amides is 2. The van der Waals surface area contributed by atoms with E-state index >= 15 is 0 Å². The standard InChI is InChI=1S/C19H14N4O2S2/c1-11(24)20-13-7-8-14-16(9-13)27-19(22-14)23-17(25)15-10-26-18(21-15)12-5-3-2-4-6-12/h2-10H,1H3,(H,20,24)(H,22,23,25). The minimum Gasteiger partial charge on any atom is -0.326 e. The Bertz CT molecular complexity index is 1140. The van der Waals surface area contributed by atoms with Crippen molar-refractivity contribution in [2.75, 3.05) is 10.6 Å². The molecular weight excluding hydrogens is 380 g/mol. The molecule has 134 valence electrons. The zero-order valence-electron chi connectivity index (χ0n) is 14.2. The van der Waals surface area contributed by atoms with Crippen molar-refractivity contribution in [1.29, 1.82) is 0 Å². The molecule has 0 aliphatic carbocycles. The summed E-state index contributed by atoms with van der Waals surface area (Å²) in [5, 5.41) is 8.56. The molecule has 6 nitrogen and oxygen atoms in total. The fourth-order valence-corrected chi connectivity index (χ4v) is 4.22. The number of aromatic nitrogens is 2. The molecular formula is C19H14N4O2S2. The van der Waals surface area contributed by atoms with Gasteiger partial charge in [0.25, 0.3) is 5.91 Å². The van der Waals surface area contributed by atoms with Crippen LogP contribution in [-0.2, 0) is 4.79 Å². The first kappa shape index (κ1) is 17.3. The van der Waals surface area contributed by atoms with Crippen LogP contribution in [0, 0.1) is 0 Å². The molecule has 0 saturated carbocycles. The van der Waals surface area contributed by atoms with Crippen molar-refractivity contribution >= 4 is 55.5 Å². The Labute approximate surface area is 162 Å². The van der Waals surface area contributed by atoms with Gasteiger partial charge < -0.3 is 5.32 Å². The van der Waals surface area contributed by atoms with E-state index in [0.717, 1.165) is 20.8 Å². The zero-order valence-corrected chi connectivity index (χ0v) is 15.9. The monoisotopic (exact) mass is 394 g/mol. The first-order valence-electron chi connectivity index (χ1n) is 8.09. The van der Waals surface area contributed by atoms with E-state index in [2.05, 4.69) is 20.6 Å². The van der Waals surface area contributed by atoms with Crippen molar-refractivity contribution in [2.24, 2.45) is 0 Å². The van der Waals surface area contributed by atoms with Crippen molar-refractivity contribution in [3.8, 4) is 10.6 Å². The maximum absolute atomic E-state index is 12.5. The van der Waals surface area contributed by atoms with Crippen molar-refractivity contribution in [1.82, 2.24) is 9.97 Å². The minimum atomic E-state index is -0.297. The Kier molecular flexibility index (Phi) is 4.66. The number of anilines is 2. The number of benzene rings is 2. The Morgan fingerprint density at radius 2 is 1.81 bits per heavy atom. The third-order valence-electron chi connectivity index (χ3n) is 3.69. The lowest BCUT2D eigenvalue weighted by Gasteiger charge is -1.99. The van der Waals surface area contributed by atoms with E-state index in [4.69, 9.17) is 0 Å². The van der Waals surface area contributed by atoms with Crippen molar-refractivity contribution in [3.63, 3.8) is 0 Å². The molecule has 27 heavy (non-hydrogen) atoms. The molecule has 4 aromatic rings. The predicted molar refractivity (Wildman–Crippen MR) is 109 cm³/mol. The summed E-state index contributed by atoms with van der Waals surface area (Å²) in [4.78, 5) is 32.5. The minimum absolute atomic E-state index is 0.134. The first-order valence-corrected chi connectivity index (χ1v) is 9.78. The van der Waals surface area contributed by atoms with E-state index in [1.165, 1.54) is 29.6 Å². The molecule has 2 aromatic carbocycles. The summed E-state index contributed by atoms with van der Waals surface area (Å²) in [6.45, 7) is 1.46. The van der Waals surface area contributed by atoms with E-state index in [9.17, 15) is 9.59 Å². The summed E-state index contributed by atoms with van der Waals surface area (Å²) in [6.07, 6.45) is 0. The van der Waals surface area contributed by atoms with Gasteiger partial charge in [-0.25, -0.2) is 9.97 Å². The van der Waals surface area contributed by atoms with Gasteiger partial charge in [-0.2, -0.15) is 0 Å². The van der Waals surface area contributed by atoms with Crippen LogP contribution in [-0.4, -0.2) is 21.8 Å². The van der Waals surface area contributed by atoms with E-state index in [-0.39, 0.29) is 11.8 Å². The van der Waals surface area contributed by atoms with Crippen LogP contribution in [0.5, 0.6) is 0 Å². The third kappa shape index (κ3) is 3.86. The molecule has 0 bridgehead atoms. The number of fused-ring (bicyclic) bond motifs is 1. The molecule has 0 spiro atoms. The van der Waals surface area contributed by atoms with Gasteiger partial charge in [-0.05, 0) is 18.2 Å². The number of carbonyl (C=O) groups excluding carboxylic acids is 2. The summed E-state index contributed by atoms with van der Waals surface area (Å²) in [7, 11) is 0. The molecule has 8 heteroatoms. The Balaban J connectivity index is 1.52. The van der Waals surface area contributed by atoms with Gasteiger partial charge in [0.2, 0.25) is 5.91 Å². The van der Waals surface area contributed by atoms with Gasteiger partial charge in [0.15, 0.2) is 5.13 Å². The summed E-state index contributed by atoms with van der Waals surface area (Å²) < 4.78 is 0.875. The van der Waals surface area contributed by atoms with Gasteiger partial charge in [-0.15, -0.1) is 11.3 Å². The van der Waals surface area contributed by atoms with Crippen LogP contribution in [0.4, 0.5) is 10.8 Å². The maximum atomic E-state index is 12.5. The molecule has 2 N–H and O–H groups in total. The third-order valence-corrected chi connectivity index (χ3v) is 5.51. The number of nitrogens with zero attached hydrogens (tertiary/aromatic N) is 2. The summed E-state index contributed by atoms with van der Waals surface area (Å²) in [5.41, 5.74) is 2.79. The second-order valence-electron chi connectivity index (χ2n) is 5.74. The fraction of sp³-hybridized carbons (Fsp3) is 0.0526. The SMILES string of the molecule is CC(=O)Nc1ccc2nc(NC(=O)c3csc(-c4ccccc4)n3)sc2c1. The number of nitrogens with one attached hydrogen (secondary N) is 2. The van der Waals surface area contributed by atoms with Gasteiger partial charge in [-0.1, -0.05) is 41.7 Å².